The maximum atomic E-state index is 12.8. The Bertz CT molecular complexity index is 1270. The number of amides is 1. The Hall–Kier alpha value is -3.51. The second-order valence-electron chi connectivity index (χ2n) is 7.70. The van der Waals surface area contributed by atoms with Crippen LogP contribution in [0.4, 0.5) is 0 Å². The van der Waals surface area contributed by atoms with Crippen LogP contribution in [0.25, 0.3) is 11.0 Å². The number of halogens is 1. The molecule has 4 rings (SSSR count). The lowest BCUT2D eigenvalue weighted by Gasteiger charge is -2.12. The van der Waals surface area contributed by atoms with E-state index in [2.05, 4.69) is 5.32 Å². The van der Waals surface area contributed by atoms with Crippen LogP contribution < -0.4 is 14.8 Å². The average Bonchev–Trinajstić information content (AvgIpc) is 3.15. The molecule has 0 saturated carbocycles. The molecular formula is C26H26ClN3O3. The van der Waals surface area contributed by atoms with E-state index < -0.39 is 0 Å². The number of ether oxygens (including phenoxy) is 2. The minimum absolute atomic E-state index is 0.0639. The zero-order chi connectivity index (χ0) is 23.2. The summed E-state index contributed by atoms with van der Waals surface area (Å²) in [6, 6.07) is 21.3. The summed E-state index contributed by atoms with van der Waals surface area (Å²) >= 11 is 6.15. The molecule has 1 N–H and O–H groups in total. The number of benzene rings is 3. The summed E-state index contributed by atoms with van der Waals surface area (Å²) in [6.07, 6.45) is 1.28. The average molecular weight is 464 g/mol. The standard InChI is InChI=1S/C26H26ClN3O3/c1-32-23-11-10-18(15-24(23)33-2)12-13-28-26(31)17-30-22-9-4-3-8-21(22)29-25(30)16-19-6-5-7-20(27)14-19/h3-11,14-15H,12-13,16-17H2,1-2H3,(H,28,31). The van der Waals surface area contributed by atoms with Gasteiger partial charge >= 0.3 is 0 Å². The van der Waals surface area contributed by atoms with Gasteiger partial charge in [-0.15, -0.1) is 0 Å². The number of hydrogen-bond acceptors (Lipinski definition) is 4. The fraction of sp³-hybridized carbons (Fsp3) is 0.231. The number of hydrogen-bond donors (Lipinski definition) is 1. The fourth-order valence-electron chi connectivity index (χ4n) is 3.85. The van der Waals surface area contributed by atoms with Crippen molar-refractivity contribution in [2.45, 2.75) is 19.4 Å². The molecule has 170 valence electrons. The number of rotatable bonds is 9. The number of nitrogens with zero attached hydrogens (tertiary/aromatic N) is 2. The van der Waals surface area contributed by atoms with Crippen LogP contribution in [-0.4, -0.2) is 36.2 Å². The molecule has 0 radical (unpaired) electrons. The lowest BCUT2D eigenvalue weighted by Crippen LogP contribution is -2.30. The van der Waals surface area contributed by atoms with Crippen LogP contribution >= 0.6 is 11.6 Å². The van der Waals surface area contributed by atoms with Crippen molar-refractivity contribution >= 4 is 28.5 Å². The van der Waals surface area contributed by atoms with E-state index in [9.17, 15) is 4.79 Å². The van der Waals surface area contributed by atoms with E-state index in [-0.39, 0.29) is 12.5 Å². The van der Waals surface area contributed by atoms with E-state index in [0.29, 0.717) is 35.9 Å². The van der Waals surface area contributed by atoms with Gasteiger partial charge < -0.3 is 19.4 Å². The Morgan fingerprint density at radius 1 is 0.970 bits per heavy atom. The minimum Gasteiger partial charge on any atom is -0.493 e. The van der Waals surface area contributed by atoms with E-state index >= 15 is 0 Å². The predicted octanol–water partition coefficient (Wildman–Crippen LogP) is 4.66. The van der Waals surface area contributed by atoms with Crippen LogP contribution in [-0.2, 0) is 24.2 Å². The van der Waals surface area contributed by atoms with Crippen molar-refractivity contribution in [3.8, 4) is 11.5 Å². The van der Waals surface area contributed by atoms with Crippen molar-refractivity contribution in [1.82, 2.24) is 14.9 Å². The first-order chi connectivity index (χ1) is 16.1. The highest BCUT2D eigenvalue weighted by Gasteiger charge is 2.14. The van der Waals surface area contributed by atoms with Gasteiger partial charge in [0, 0.05) is 18.0 Å². The van der Waals surface area contributed by atoms with Gasteiger partial charge in [0.1, 0.15) is 12.4 Å². The molecule has 1 aromatic heterocycles. The number of aromatic nitrogens is 2. The topological polar surface area (TPSA) is 65.4 Å². The molecule has 0 aliphatic heterocycles. The summed E-state index contributed by atoms with van der Waals surface area (Å²) in [5, 5.41) is 3.70. The van der Waals surface area contributed by atoms with E-state index in [1.807, 2.05) is 71.3 Å². The molecule has 3 aromatic carbocycles. The summed E-state index contributed by atoms with van der Waals surface area (Å²) < 4.78 is 12.6. The van der Waals surface area contributed by atoms with E-state index in [4.69, 9.17) is 26.1 Å². The Labute approximate surface area is 198 Å². The van der Waals surface area contributed by atoms with Crippen molar-refractivity contribution in [2.24, 2.45) is 0 Å². The summed E-state index contributed by atoms with van der Waals surface area (Å²) in [7, 11) is 3.22. The molecule has 0 atom stereocenters. The number of para-hydroxylation sites is 2. The van der Waals surface area contributed by atoms with Gasteiger partial charge in [-0.25, -0.2) is 4.98 Å². The van der Waals surface area contributed by atoms with E-state index in [0.717, 1.165) is 28.0 Å². The summed E-state index contributed by atoms with van der Waals surface area (Å²) in [6.45, 7) is 0.715. The molecule has 7 heteroatoms. The van der Waals surface area contributed by atoms with Crippen LogP contribution in [0.2, 0.25) is 5.02 Å². The molecule has 6 nitrogen and oxygen atoms in total. The van der Waals surface area contributed by atoms with Crippen LogP contribution in [0.15, 0.2) is 66.7 Å². The molecule has 1 heterocycles. The van der Waals surface area contributed by atoms with Gasteiger partial charge in [-0.2, -0.15) is 0 Å². The largest absolute Gasteiger partial charge is 0.493 e. The molecule has 1 amide bonds. The number of fused-ring (bicyclic) bond motifs is 1. The van der Waals surface area contributed by atoms with Gasteiger partial charge in [0.25, 0.3) is 0 Å². The van der Waals surface area contributed by atoms with Crippen LogP contribution in [0.5, 0.6) is 11.5 Å². The number of imidazole rings is 1. The highest BCUT2D eigenvalue weighted by molar-refractivity contribution is 6.30. The zero-order valence-corrected chi connectivity index (χ0v) is 19.4. The summed E-state index contributed by atoms with van der Waals surface area (Å²) in [4.78, 5) is 17.6. The number of carbonyl (C=O) groups excluding carboxylic acids is 1. The van der Waals surface area contributed by atoms with Gasteiger partial charge in [0.05, 0.1) is 25.3 Å². The van der Waals surface area contributed by atoms with Crippen molar-refractivity contribution in [3.63, 3.8) is 0 Å². The van der Waals surface area contributed by atoms with E-state index in [1.165, 1.54) is 0 Å². The molecule has 0 aliphatic rings. The Balaban J connectivity index is 1.45. The summed E-state index contributed by atoms with van der Waals surface area (Å²) in [5.74, 6) is 2.13. The fourth-order valence-corrected chi connectivity index (χ4v) is 4.06. The minimum atomic E-state index is -0.0639. The summed E-state index contributed by atoms with van der Waals surface area (Å²) in [5.41, 5.74) is 3.91. The molecule has 33 heavy (non-hydrogen) atoms. The van der Waals surface area contributed by atoms with Gasteiger partial charge in [-0.05, 0) is 53.9 Å². The third kappa shape index (κ3) is 5.46. The van der Waals surface area contributed by atoms with Gasteiger partial charge in [-0.3, -0.25) is 4.79 Å². The first kappa shape index (κ1) is 22.7. The van der Waals surface area contributed by atoms with Crippen molar-refractivity contribution in [3.05, 3.63) is 88.7 Å². The molecule has 0 aliphatic carbocycles. The third-order valence-corrected chi connectivity index (χ3v) is 5.71. The van der Waals surface area contributed by atoms with Crippen LogP contribution in [0, 0.1) is 0 Å². The third-order valence-electron chi connectivity index (χ3n) is 5.47. The molecule has 0 bridgehead atoms. The Morgan fingerprint density at radius 3 is 2.58 bits per heavy atom. The molecule has 0 fully saturated rings. The normalized spacial score (nSPS) is 10.9. The van der Waals surface area contributed by atoms with Crippen molar-refractivity contribution in [2.75, 3.05) is 20.8 Å². The first-order valence-corrected chi connectivity index (χ1v) is 11.1. The Kier molecular flexibility index (Phi) is 7.15. The van der Waals surface area contributed by atoms with Crippen LogP contribution in [0.1, 0.15) is 17.0 Å². The highest BCUT2D eigenvalue weighted by atomic mass is 35.5. The quantitative estimate of drug-likeness (QED) is 0.392. The SMILES string of the molecule is COc1ccc(CCNC(=O)Cn2c(Cc3cccc(Cl)c3)nc3ccccc32)cc1OC. The molecule has 4 aromatic rings. The smallest absolute Gasteiger partial charge is 0.240 e. The van der Waals surface area contributed by atoms with Gasteiger partial charge in [-0.1, -0.05) is 41.9 Å². The van der Waals surface area contributed by atoms with Gasteiger partial charge in [0.15, 0.2) is 11.5 Å². The number of carbonyl (C=O) groups is 1. The second-order valence-corrected chi connectivity index (χ2v) is 8.14. The lowest BCUT2D eigenvalue weighted by atomic mass is 10.1. The molecular weight excluding hydrogens is 438 g/mol. The molecule has 0 unspecified atom stereocenters. The van der Waals surface area contributed by atoms with Crippen molar-refractivity contribution in [1.29, 1.82) is 0 Å². The maximum absolute atomic E-state index is 12.8. The van der Waals surface area contributed by atoms with Crippen molar-refractivity contribution < 1.29 is 14.3 Å². The predicted molar refractivity (Wildman–Crippen MR) is 130 cm³/mol. The highest BCUT2D eigenvalue weighted by Crippen LogP contribution is 2.27. The maximum Gasteiger partial charge on any atom is 0.240 e. The second kappa shape index (κ2) is 10.4. The lowest BCUT2D eigenvalue weighted by molar-refractivity contribution is -0.121. The first-order valence-electron chi connectivity index (χ1n) is 10.7. The zero-order valence-electron chi connectivity index (χ0n) is 18.7. The molecule has 0 spiro atoms. The number of nitrogens with one attached hydrogen (secondary N) is 1. The molecule has 0 saturated heterocycles. The Morgan fingerprint density at radius 2 is 1.79 bits per heavy atom. The monoisotopic (exact) mass is 463 g/mol. The van der Waals surface area contributed by atoms with Crippen LogP contribution in [0.3, 0.4) is 0 Å². The van der Waals surface area contributed by atoms with Gasteiger partial charge in [0.2, 0.25) is 5.91 Å². The number of methoxy groups -OCH3 is 2. The van der Waals surface area contributed by atoms with E-state index in [1.54, 1.807) is 14.2 Å².